The average Bonchev–Trinajstić information content (AvgIpc) is 2.35. The highest BCUT2D eigenvalue weighted by Crippen LogP contribution is 2.29. The van der Waals surface area contributed by atoms with Gasteiger partial charge in [0.25, 0.3) is 0 Å². The Balaban J connectivity index is 2.24. The highest BCUT2D eigenvalue weighted by molar-refractivity contribution is 9.10. The molecular formula is C12H17BrN4O2. The molecule has 2 heterocycles. The van der Waals surface area contributed by atoms with Crippen LogP contribution in [0.4, 0.5) is 11.5 Å². The maximum atomic E-state index is 11.1. The van der Waals surface area contributed by atoms with Gasteiger partial charge < -0.3 is 0 Å². The van der Waals surface area contributed by atoms with Gasteiger partial charge in [-0.15, -0.1) is 0 Å². The number of hydrogen-bond donors (Lipinski definition) is 1. The molecule has 1 N–H and O–H groups in total. The summed E-state index contributed by atoms with van der Waals surface area (Å²) in [6.07, 6.45) is 4.92. The number of anilines is 1. The Bertz CT molecular complexity index is 473. The van der Waals surface area contributed by atoms with Crippen LogP contribution in [0.1, 0.15) is 33.1 Å². The molecule has 0 radical (unpaired) electrons. The molecule has 1 fully saturated rings. The van der Waals surface area contributed by atoms with Gasteiger partial charge in [0, 0.05) is 28.8 Å². The summed E-state index contributed by atoms with van der Waals surface area (Å²) in [6, 6.07) is 2.15. The van der Waals surface area contributed by atoms with Crippen molar-refractivity contribution < 1.29 is 4.92 Å². The number of rotatable bonds is 3. The smallest absolute Gasteiger partial charge is 0.297 e. The maximum absolute atomic E-state index is 11.1. The maximum Gasteiger partial charge on any atom is 0.313 e. The molecule has 0 aromatic carbocycles. The van der Waals surface area contributed by atoms with Gasteiger partial charge in [-0.05, 0) is 42.6 Å². The van der Waals surface area contributed by atoms with E-state index in [0.29, 0.717) is 22.4 Å². The molecule has 0 amide bonds. The first-order chi connectivity index (χ1) is 8.99. The van der Waals surface area contributed by atoms with Gasteiger partial charge in [0.2, 0.25) is 5.82 Å². The van der Waals surface area contributed by atoms with Gasteiger partial charge in [0.1, 0.15) is 0 Å². The topological polar surface area (TPSA) is 71.3 Å². The lowest BCUT2D eigenvalue weighted by molar-refractivity contribution is -0.384. The molecule has 1 saturated heterocycles. The number of halogens is 1. The summed E-state index contributed by atoms with van der Waals surface area (Å²) >= 11 is 3.21. The Morgan fingerprint density at radius 2 is 2.11 bits per heavy atom. The number of nitro groups is 1. The van der Waals surface area contributed by atoms with Crippen LogP contribution in [0.25, 0.3) is 0 Å². The summed E-state index contributed by atoms with van der Waals surface area (Å²) in [5.74, 6) is 0.300. The van der Waals surface area contributed by atoms with Gasteiger partial charge in [-0.1, -0.05) is 6.42 Å². The van der Waals surface area contributed by atoms with E-state index in [1.165, 1.54) is 12.5 Å². The molecule has 104 valence electrons. The molecule has 1 aliphatic rings. The Labute approximate surface area is 120 Å². The van der Waals surface area contributed by atoms with Gasteiger partial charge in [-0.3, -0.25) is 15.5 Å². The van der Waals surface area contributed by atoms with Crippen LogP contribution in [0, 0.1) is 10.1 Å². The molecule has 1 aromatic heterocycles. The third-order valence-electron chi connectivity index (χ3n) is 3.46. The Morgan fingerprint density at radius 3 is 2.68 bits per heavy atom. The third kappa shape index (κ3) is 3.22. The summed E-state index contributed by atoms with van der Waals surface area (Å²) in [5, 5.41) is 13.1. The van der Waals surface area contributed by atoms with Crippen LogP contribution in [0.2, 0.25) is 0 Å². The van der Waals surface area contributed by atoms with Gasteiger partial charge in [0.05, 0.1) is 4.92 Å². The highest BCUT2D eigenvalue weighted by Gasteiger charge is 2.27. The van der Waals surface area contributed by atoms with Crippen molar-refractivity contribution in [3.05, 3.63) is 26.9 Å². The lowest BCUT2D eigenvalue weighted by Crippen LogP contribution is -2.47. The number of hydrazine groups is 1. The van der Waals surface area contributed by atoms with Crippen LogP contribution in [-0.2, 0) is 0 Å². The van der Waals surface area contributed by atoms with Crippen molar-refractivity contribution in [1.82, 2.24) is 9.99 Å². The normalized spacial score (nSPS) is 24.2. The number of nitrogens with one attached hydrogen (secondary N) is 1. The summed E-state index contributed by atoms with van der Waals surface area (Å²) in [6.45, 7) is 4.24. The van der Waals surface area contributed by atoms with Gasteiger partial charge >= 0.3 is 5.69 Å². The highest BCUT2D eigenvalue weighted by atomic mass is 79.9. The van der Waals surface area contributed by atoms with Crippen LogP contribution < -0.4 is 5.43 Å². The lowest BCUT2D eigenvalue weighted by Gasteiger charge is -2.38. The minimum Gasteiger partial charge on any atom is -0.297 e. The van der Waals surface area contributed by atoms with Crippen molar-refractivity contribution in [2.75, 3.05) is 5.43 Å². The third-order valence-corrected chi connectivity index (χ3v) is 3.89. The zero-order valence-corrected chi connectivity index (χ0v) is 12.6. The van der Waals surface area contributed by atoms with Gasteiger partial charge in [-0.25, -0.2) is 9.99 Å². The molecule has 1 aromatic rings. The quantitative estimate of drug-likeness (QED) is 0.680. The molecule has 7 heteroatoms. The van der Waals surface area contributed by atoms with Crippen molar-refractivity contribution in [3.63, 3.8) is 0 Å². The van der Waals surface area contributed by atoms with Crippen LogP contribution in [0.15, 0.2) is 16.7 Å². The van der Waals surface area contributed by atoms with E-state index in [1.807, 2.05) is 0 Å². The van der Waals surface area contributed by atoms with E-state index >= 15 is 0 Å². The monoisotopic (exact) mass is 328 g/mol. The summed E-state index contributed by atoms with van der Waals surface area (Å²) in [7, 11) is 0. The molecule has 2 rings (SSSR count). The molecular weight excluding hydrogens is 312 g/mol. The first-order valence-corrected chi connectivity index (χ1v) is 7.13. The van der Waals surface area contributed by atoms with Crippen molar-refractivity contribution >= 4 is 27.4 Å². The molecule has 2 unspecified atom stereocenters. The summed E-state index contributed by atoms with van der Waals surface area (Å²) in [5.41, 5.74) is 3.10. The van der Waals surface area contributed by atoms with Crippen molar-refractivity contribution in [2.24, 2.45) is 0 Å². The first kappa shape index (κ1) is 14.2. The van der Waals surface area contributed by atoms with E-state index in [0.717, 1.165) is 12.8 Å². The zero-order valence-electron chi connectivity index (χ0n) is 11.0. The SMILES string of the molecule is CC1CCCC(C)N1Nc1ncc(Br)cc1[N+](=O)[O-]. The first-order valence-electron chi connectivity index (χ1n) is 6.34. The molecule has 2 atom stereocenters. The minimum atomic E-state index is -0.417. The lowest BCUT2D eigenvalue weighted by atomic mass is 10.00. The molecule has 19 heavy (non-hydrogen) atoms. The minimum absolute atomic E-state index is 0.0145. The van der Waals surface area contributed by atoms with E-state index in [1.54, 1.807) is 6.20 Å². The van der Waals surface area contributed by atoms with E-state index in [2.05, 4.69) is 45.2 Å². The number of piperidine rings is 1. The molecule has 0 saturated carbocycles. The van der Waals surface area contributed by atoms with Crippen LogP contribution in [0.3, 0.4) is 0 Å². The Kier molecular flexibility index (Phi) is 4.36. The second kappa shape index (κ2) is 5.83. The zero-order chi connectivity index (χ0) is 14.0. The predicted molar refractivity (Wildman–Crippen MR) is 76.8 cm³/mol. The number of nitrogens with zero attached hydrogens (tertiary/aromatic N) is 3. The molecule has 6 nitrogen and oxygen atoms in total. The van der Waals surface area contributed by atoms with Gasteiger partial charge in [-0.2, -0.15) is 0 Å². The van der Waals surface area contributed by atoms with Gasteiger partial charge in [0.15, 0.2) is 0 Å². The number of aromatic nitrogens is 1. The molecule has 0 aliphatic carbocycles. The Hall–Kier alpha value is -1.21. The fourth-order valence-electron chi connectivity index (χ4n) is 2.42. The fraction of sp³-hybridized carbons (Fsp3) is 0.583. The van der Waals surface area contributed by atoms with E-state index in [9.17, 15) is 10.1 Å². The number of pyridine rings is 1. The van der Waals surface area contributed by atoms with Crippen molar-refractivity contribution in [3.8, 4) is 0 Å². The van der Waals surface area contributed by atoms with E-state index < -0.39 is 4.92 Å². The van der Waals surface area contributed by atoms with Crippen LogP contribution in [-0.4, -0.2) is 27.0 Å². The predicted octanol–water partition coefficient (Wildman–Crippen LogP) is 3.34. The molecule has 0 spiro atoms. The van der Waals surface area contributed by atoms with Crippen LogP contribution >= 0.6 is 15.9 Å². The standard InChI is InChI=1S/C12H17BrN4O2/c1-8-4-3-5-9(2)16(8)15-12-11(17(18)19)6-10(13)7-14-12/h6-9H,3-5H2,1-2H3,(H,14,15). The van der Waals surface area contributed by atoms with E-state index in [4.69, 9.17) is 0 Å². The Morgan fingerprint density at radius 1 is 1.47 bits per heavy atom. The average molecular weight is 329 g/mol. The fourth-order valence-corrected chi connectivity index (χ4v) is 2.74. The van der Waals surface area contributed by atoms with E-state index in [-0.39, 0.29) is 5.69 Å². The van der Waals surface area contributed by atoms with Crippen molar-refractivity contribution in [1.29, 1.82) is 0 Å². The van der Waals surface area contributed by atoms with Crippen LogP contribution in [0.5, 0.6) is 0 Å². The second-order valence-electron chi connectivity index (χ2n) is 4.93. The number of hydrogen-bond acceptors (Lipinski definition) is 5. The molecule has 1 aliphatic heterocycles. The summed E-state index contributed by atoms with van der Waals surface area (Å²) in [4.78, 5) is 14.8. The summed E-state index contributed by atoms with van der Waals surface area (Å²) < 4.78 is 0.601. The second-order valence-corrected chi connectivity index (χ2v) is 5.84. The largest absolute Gasteiger partial charge is 0.313 e. The van der Waals surface area contributed by atoms with Crippen molar-refractivity contribution in [2.45, 2.75) is 45.2 Å². The molecule has 0 bridgehead atoms.